The van der Waals surface area contributed by atoms with Crippen LogP contribution in [-0.2, 0) is 19.1 Å². The van der Waals surface area contributed by atoms with E-state index in [1.807, 2.05) is 34.6 Å². The third-order valence-electron chi connectivity index (χ3n) is 3.62. The smallest absolute Gasteiger partial charge is 0.326 e. The van der Waals surface area contributed by atoms with E-state index in [9.17, 15) is 19.5 Å². The fourth-order valence-corrected chi connectivity index (χ4v) is 2.43. The number of carbonyl (C=O) groups excluding carboxylic acids is 2. The van der Waals surface area contributed by atoms with Crippen LogP contribution < -0.4 is 5.32 Å². The maximum Gasteiger partial charge on any atom is 0.326 e. The molecule has 0 fully saturated rings. The Morgan fingerprint density at radius 2 is 1.62 bits per heavy atom. The summed E-state index contributed by atoms with van der Waals surface area (Å²) in [6.45, 7) is 10.1. The van der Waals surface area contributed by atoms with Crippen molar-refractivity contribution in [3.8, 4) is 0 Å². The number of carboxylic acids is 1. The summed E-state index contributed by atoms with van der Waals surface area (Å²) in [5, 5.41) is 11.8. The van der Waals surface area contributed by atoms with Crippen LogP contribution in [0.15, 0.2) is 0 Å². The third kappa shape index (κ3) is 10.2. The number of carboxylic acid groups (broad SMARTS) is 1. The third-order valence-corrected chi connectivity index (χ3v) is 3.62. The van der Waals surface area contributed by atoms with Gasteiger partial charge in [-0.2, -0.15) is 0 Å². The van der Waals surface area contributed by atoms with Crippen LogP contribution in [0.5, 0.6) is 0 Å². The van der Waals surface area contributed by atoms with Crippen molar-refractivity contribution in [2.24, 2.45) is 17.8 Å². The lowest BCUT2D eigenvalue weighted by Crippen LogP contribution is -2.45. The number of carbonyl (C=O) groups is 3. The SMILES string of the molecule is CCCCOC(=O)CC(CC(C)C)C(=O)N[C@@H](CC(C)C)C(=O)O. The maximum atomic E-state index is 12.5. The summed E-state index contributed by atoms with van der Waals surface area (Å²) in [5.41, 5.74) is 0. The molecule has 0 bridgehead atoms. The van der Waals surface area contributed by atoms with Crippen molar-refractivity contribution in [2.45, 2.75) is 72.8 Å². The summed E-state index contributed by atoms with van der Waals surface area (Å²) in [4.78, 5) is 35.7. The van der Waals surface area contributed by atoms with E-state index < -0.39 is 23.9 Å². The first-order chi connectivity index (χ1) is 11.2. The molecule has 0 aromatic carbocycles. The van der Waals surface area contributed by atoms with E-state index in [-0.39, 0.29) is 24.2 Å². The second-order valence-electron chi connectivity index (χ2n) is 7.13. The van der Waals surface area contributed by atoms with Crippen molar-refractivity contribution in [2.75, 3.05) is 6.61 Å². The highest BCUT2D eigenvalue weighted by atomic mass is 16.5. The normalized spacial score (nSPS) is 13.6. The highest BCUT2D eigenvalue weighted by Gasteiger charge is 2.28. The van der Waals surface area contributed by atoms with Crippen LogP contribution in [0.4, 0.5) is 0 Å². The minimum Gasteiger partial charge on any atom is -0.480 e. The Balaban J connectivity index is 4.79. The van der Waals surface area contributed by atoms with Crippen LogP contribution in [0, 0.1) is 17.8 Å². The number of hydrogen-bond acceptors (Lipinski definition) is 4. The molecule has 0 heterocycles. The second kappa shape index (κ2) is 11.9. The maximum absolute atomic E-state index is 12.5. The number of esters is 1. The molecule has 0 aliphatic heterocycles. The summed E-state index contributed by atoms with van der Waals surface area (Å²) in [6, 6.07) is -0.928. The topological polar surface area (TPSA) is 92.7 Å². The van der Waals surface area contributed by atoms with Gasteiger partial charge in [-0.3, -0.25) is 9.59 Å². The van der Waals surface area contributed by atoms with E-state index in [4.69, 9.17) is 4.74 Å². The zero-order valence-corrected chi connectivity index (χ0v) is 15.6. The number of hydrogen-bond donors (Lipinski definition) is 2. The minimum atomic E-state index is -1.05. The van der Waals surface area contributed by atoms with E-state index in [1.165, 1.54) is 0 Å². The molecule has 24 heavy (non-hydrogen) atoms. The molecule has 6 nitrogen and oxygen atoms in total. The van der Waals surface area contributed by atoms with E-state index in [1.54, 1.807) is 0 Å². The molecule has 140 valence electrons. The lowest BCUT2D eigenvalue weighted by molar-refractivity contribution is -0.148. The molecule has 1 amide bonds. The van der Waals surface area contributed by atoms with Gasteiger partial charge in [0.2, 0.25) is 5.91 Å². The van der Waals surface area contributed by atoms with Crippen LogP contribution in [-0.4, -0.2) is 35.6 Å². The largest absolute Gasteiger partial charge is 0.480 e. The number of ether oxygens (including phenoxy) is 1. The molecule has 0 saturated heterocycles. The zero-order chi connectivity index (χ0) is 18.7. The molecule has 0 aliphatic carbocycles. The number of aliphatic carboxylic acids is 1. The van der Waals surface area contributed by atoms with Crippen LogP contribution in [0.1, 0.15) is 66.7 Å². The van der Waals surface area contributed by atoms with Crippen molar-refractivity contribution in [1.82, 2.24) is 5.32 Å². The van der Waals surface area contributed by atoms with Crippen molar-refractivity contribution in [3.63, 3.8) is 0 Å². The van der Waals surface area contributed by atoms with Gasteiger partial charge in [0.1, 0.15) is 6.04 Å². The van der Waals surface area contributed by atoms with Gasteiger partial charge in [0, 0.05) is 5.92 Å². The Morgan fingerprint density at radius 1 is 1.04 bits per heavy atom. The second-order valence-corrected chi connectivity index (χ2v) is 7.13. The first kappa shape index (κ1) is 22.4. The highest BCUT2D eigenvalue weighted by molar-refractivity contribution is 5.87. The molecule has 2 atom stereocenters. The van der Waals surface area contributed by atoms with Gasteiger partial charge in [-0.15, -0.1) is 0 Å². The summed E-state index contributed by atoms with van der Waals surface area (Å²) in [5.74, 6) is -2.03. The lowest BCUT2D eigenvalue weighted by Gasteiger charge is -2.22. The molecule has 6 heteroatoms. The highest BCUT2D eigenvalue weighted by Crippen LogP contribution is 2.18. The van der Waals surface area contributed by atoms with Gasteiger partial charge < -0.3 is 15.2 Å². The van der Waals surface area contributed by atoms with Gasteiger partial charge in [-0.1, -0.05) is 41.0 Å². The molecular formula is C18H33NO5. The predicted octanol–water partition coefficient (Wildman–Crippen LogP) is 3.00. The van der Waals surface area contributed by atoms with Crippen molar-refractivity contribution in [3.05, 3.63) is 0 Å². The average Bonchev–Trinajstić information content (AvgIpc) is 2.45. The first-order valence-electron chi connectivity index (χ1n) is 8.86. The van der Waals surface area contributed by atoms with Crippen LogP contribution >= 0.6 is 0 Å². The lowest BCUT2D eigenvalue weighted by atomic mass is 9.92. The molecule has 0 aliphatic rings. The predicted molar refractivity (Wildman–Crippen MR) is 92.5 cm³/mol. The average molecular weight is 343 g/mol. The van der Waals surface area contributed by atoms with Gasteiger partial charge in [-0.05, 0) is 31.1 Å². The van der Waals surface area contributed by atoms with Gasteiger partial charge in [0.25, 0.3) is 0 Å². The van der Waals surface area contributed by atoms with E-state index in [0.717, 1.165) is 12.8 Å². The van der Waals surface area contributed by atoms with Crippen LogP contribution in [0.2, 0.25) is 0 Å². The van der Waals surface area contributed by atoms with Crippen LogP contribution in [0.25, 0.3) is 0 Å². The van der Waals surface area contributed by atoms with Crippen molar-refractivity contribution >= 4 is 17.8 Å². The molecule has 0 spiro atoms. The van der Waals surface area contributed by atoms with Crippen molar-refractivity contribution < 1.29 is 24.2 Å². The molecule has 0 aromatic rings. The van der Waals surface area contributed by atoms with Gasteiger partial charge in [0.15, 0.2) is 0 Å². The molecular weight excluding hydrogens is 310 g/mol. The molecule has 0 rings (SSSR count). The van der Waals surface area contributed by atoms with Crippen molar-refractivity contribution in [1.29, 1.82) is 0 Å². The zero-order valence-electron chi connectivity index (χ0n) is 15.6. The van der Waals surface area contributed by atoms with Gasteiger partial charge >= 0.3 is 11.9 Å². The Hall–Kier alpha value is -1.59. The molecule has 1 unspecified atom stereocenters. The van der Waals surface area contributed by atoms with E-state index in [0.29, 0.717) is 19.4 Å². The monoisotopic (exact) mass is 343 g/mol. The minimum absolute atomic E-state index is 0.0122. The summed E-state index contributed by atoms with van der Waals surface area (Å²) in [6.07, 6.45) is 2.59. The summed E-state index contributed by atoms with van der Waals surface area (Å²) >= 11 is 0. The first-order valence-corrected chi connectivity index (χ1v) is 8.86. The van der Waals surface area contributed by atoms with Gasteiger partial charge in [0.05, 0.1) is 13.0 Å². The number of amides is 1. The Morgan fingerprint density at radius 3 is 2.08 bits per heavy atom. The number of nitrogens with one attached hydrogen (secondary N) is 1. The fourth-order valence-electron chi connectivity index (χ4n) is 2.43. The summed E-state index contributed by atoms with van der Waals surface area (Å²) < 4.78 is 5.13. The van der Waals surface area contributed by atoms with Gasteiger partial charge in [-0.25, -0.2) is 4.79 Å². The molecule has 0 aromatic heterocycles. The fraction of sp³-hybridized carbons (Fsp3) is 0.833. The quantitative estimate of drug-likeness (QED) is 0.420. The molecule has 0 radical (unpaired) electrons. The van der Waals surface area contributed by atoms with Crippen LogP contribution in [0.3, 0.4) is 0 Å². The standard InChI is InChI=1S/C18H33NO5/c1-6-7-8-24-16(20)11-14(9-12(2)3)17(21)19-15(18(22)23)10-13(4)5/h12-15H,6-11H2,1-5H3,(H,19,21)(H,22,23)/t14?,15-/m0/s1. The Kier molecular flexibility index (Phi) is 11.1. The number of rotatable bonds is 12. The number of unbranched alkanes of at least 4 members (excludes halogenated alkanes) is 1. The summed E-state index contributed by atoms with van der Waals surface area (Å²) in [7, 11) is 0. The Bertz CT molecular complexity index is 406. The molecule has 2 N–H and O–H groups in total. The van der Waals surface area contributed by atoms with E-state index >= 15 is 0 Å². The molecule has 0 saturated carbocycles. The Labute approximate surface area is 145 Å². The van der Waals surface area contributed by atoms with E-state index in [2.05, 4.69) is 5.32 Å².